The predicted octanol–water partition coefficient (Wildman–Crippen LogP) is 4.01. The number of aryl methyl sites for hydroxylation is 1. The predicted molar refractivity (Wildman–Crippen MR) is 121 cm³/mol. The molecule has 2 unspecified atom stereocenters. The van der Waals surface area contributed by atoms with E-state index in [1.54, 1.807) is 0 Å². The largest absolute Gasteiger partial charge is 0.322 e. The van der Waals surface area contributed by atoms with Gasteiger partial charge >= 0.3 is 0 Å². The molecule has 0 bridgehead atoms. The van der Waals surface area contributed by atoms with E-state index in [9.17, 15) is 4.79 Å². The molecule has 7 nitrogen and oxygen atoms in total. The fourth-order valence-corrected chi connectivity index (χ4v) is 5.44. The van der Waals surface area contributed by atoms with Gasteiger partial charge in [0.25, 0.3) is 5.56 Å². The van der Waals surface area contributed by atoms with E-state index in [-0.39, 0.29) is 11.6 Å². The highest BCUT2D eigenvalue weighted by atomic mass is 16.1. The van der Waals surface area contributed by atoms with Crippen LogP contribution in [0.15, 0.2) is 29.1 Å². The highest BCUT2D eigenvalue weighted by Gasteiger charge is 2.34. The summed E-state index contributed by atoms with van der Waals surface area (Å²) < 4.78 is 2.02. The minimum atomic E-state index is -0.225. The van der Waals surface area contributed by atoms with Gasteiger partial charge in [-0.3, -0.25) is 9.69 Å². The maximum absolute atomic E-state index is 13.3. The Hall–Kier alpha value is -2.54. The molecule has 7 heteroatoms. The second-order valence-electron chi connectivity index (χ2n) is 9.39. The van der Waals surface area contributed by atoms with Crippen LogP contribution in [0.4, 0.5) is 0 Å². The van der Waals surface area contributed by atoms with Gasteiger partial charge in [0.2, 0.25) is 0 Å². The molecule has 1 saturated carbocycles. The Morgan fingerprint density at radius 3 is 2.77 bits per heavy atom. The molecule has 5 rings (SSSR count). The van der Waals surface area contributed by atoms with Crippen LogP contribution < -0.4 is 5.56 Å². The van der Waals surface area contributed by atoms with Gasteiger partial charge < -0.3 is 4.98 Å². The first kappa shape index (κ1) is 20.4. The molecule has 1 N–H and O–H groups in total. The number of tetrazole rings is 1. The van der Waals surface area contributed by atoms with Crippen molar-refractivity contribution in [1.82, 2.24) is 30.1 Å². The monoisotopic (exact) mass is 420 g/mol. The second kappa shape index (κ2) is 8.54. The van der Waals surface area contributed by atoms with Gasteiger partial charge in [0, 0.05) is 17.6 Å². The van der Waals surface area contributed by atoms with Gasteiger partial charge in [-0.2, -0.15) is 0 Å². The van der Waals surface area contributed by atoms with Crippen molar-refractivity contribution in [3.63, 3.8) is 0 Å². The third-order valence-corrected chi connectivity index (χ3v) is 7.13. The lowest BCUT2D eigenvalue weighted by molar-refractivity contribution is 0.139. The number of likely N-dealkylation sites (tertiary alicyclic amines) is 1. The van der Waals surface area contributed by atoms with Crippen molar-refractivity contribution < 1.29 is 0 Å². The average Bonchev–Trinajstić information content (AvgIpc) is 3.46. The Morgan fingerprint density at radius 1 is 1.16 bits per heavy atom. The maximum atomic E-state index is 13.3. The van der Waals surface area contributed by atoms with Crippen molar-refractivity contribution in [2.75, 3.05) is 13.1 Å². The van der Waals surface area contributed by atoms with Crippen LogP contribution in [0.5, 0.6) is 0 Å². The van der Waals surface area contributed by atoms with Crippen molar-refractivity contribution in [2.45, 2.75) is 70.9 Å². The number of hydrogen-bond acceptors (Lipinski definition) is 5. The van der Waals surface area contributed by atoms with E-state index >= 15 is 0 Å². The van der Waals surface area contributed by atoms with Crippen molar-refractivity contribution in [3.8, 4) is 0 Å². The molecule has 2 aromatic heterocycles. The minimum Gasteiger partial charge on any atom is -0.322 e. The summed E-state index contributed by atoms with van der Waals surface area (Å²) in [5.41, 5.74) is 2.86. The summed E-state index contributed by atoms with van der Waals surface area (Å²) in [5.74, 6) is 1.41. The molecule has 3 aromatic rings. The molecule has 2 aliphatic rings. The third kappa shape index (κ3) is 3.91. The van der Waals surface area contributed by atoms with Crippen LogP contribution in [0.2, 0.25) is 0 Å². The first-order valence-corrected chi connectivity index (χ1v) is 11.8. The van der Waals surface area contributed by atoms with E-state index in [0.717, 1.165) is 61.1 Å². The van der Waals surface area contributed by atoms with Gasteiger partial charge in [-0.1, -0.05) is 32.8 Å². The number of H-pyrrole nitrogens is 1. The van der Waals surface area contributed by atoms with Crippen molar-refractivity contribution in [3.05, 3.63) is 51.6 Å². The molecule has 3 heterocycles. The molecule has 0 radical (unpaired) electrons. The van der Waals surface area contributed by atoms with E-state index in [4.69, 9.17) is 0 Å². The zero-order valence-electron chi connectivity index (χ0n) is 18.5. The highest BCUT2D eigenvalue weighted by Crippen LogP contribution is 2.35. The number of rotatable bonds is 5. The van der Waals surface area contributed by atoms with Crippen LogP contribution >= 0.6 is 0 Å². The summed E-state index contributed by atoms with van der Waals surface area (Å²) in [6.07, 6.45) is 7.97. The SMILES string of the molecule is CCc1ccc2[nH]c(=O)c(C(c3nnnn3C3CCCC3)N3CCCC(C)C3)cc2c1. The highest BCUT2D eigenvalue weighted by molar-refractivity contribution is 5.80. The van der Waals surface area contributed by atoms with Gasteiger partial charge in [0.05, 0.1) is 6.04 Å². The van der Waals surface area contributed by atoms with Crippen molar-refractivity contribution in [2.24, 2.45) is 5.92 Å². The zero-order valence-corrected chi connectivity index (χ0v) is 18.5. The molecule has 2 fully saturated rings. The zero-order chi connectivity index (χ0) is 21.4. The normalized spacial score (nSPS) is 21.7. The number of piperidine rings is 1. The lowest BCUT2D eigenvalue weighted by Crippen LogP contribution is -2.41. The van der Waals surface area contributed by atoms with Crippen LogP contribution in [0, 0.1) is 5.92 Å². The molecule has 0 amide bonds. The van der Waals surface area contributed by atoms with Gasteiger partial charge in [0.15, 0.2) is 5.82 Å². The van der Waals surface area contributed by atoms with E-state index in [1.807, 2.05) is 10.7 Å². The molecule has 1 aliphatic heterocycles. The van der Waals surface area contributed by atoms with Crippen LogP contribution in [-0.4, -0.2) is 43.2 Å². The van der Waals surface area contributed by atoms with Gasteiger partial charge in [-0.15, -0.1) is 5.10 Å². The Balaban J connectivity index is 1.65. The first-order chi connectivity index (χ1) is 15.1. The standard InChI is InChI=1S/C24H32N6O/c1-3-17-10-11-21-18(13-17)14-20(24(31)25-21)22(29-12-6-7-16(2)15-29)23-26-27-28-30(23)19-8-4-5-9-19/h10-11,13-14,16,19,22H,3-9,12,15H2,1-2H3,(H,25,31). The number of benzene rings is 1. The molecule has 164 valence electrons. The Bertz CT molecular complexity index is 1110. The number of nitrogens with zero attached hydrogens (tertiary/aromatic N) is 5. The topological polar surface area (TPSA) is 79.7 Å². The average molecular weight is 421 g/mol. The number of fused-ring (bicyclic) bond motifs is 1. The molecule has 1 aliphatic carbocycles. The maximum Gasteiger partial charge on any atom is 0.253 e. The lowest BCUT2D eigenvalue weighted by atomic mass is 9.95. The van der Waals surface area contributed by atoms with E-state index < -0.39 is 0 Å². The van der Waals surface area contributed by atoms with E-state index in [2.05, 4.69) is 57.5 Å². The van der Waals surface area contributed by atoms with Crippen LogP contribution in [0.25, 0.3) is 10.9 Å². The summed E-state index contributed by atoms with van der Waals surface area (Å²) >= 11 is 0. The van der Waals surface area contributed by atoms with Crippen LogP contribution in [0.3, 0.4) is 0 Å². The number of aromatic amines is 1. The molecule has 31 heavy (non-hydrogen) atoms. The lowest BCUT2D eigenvalue weighted by Gasteiger charge is -2.36. The summed E-state index contributed by atoms with van der Waals surface area (Å²) in [6, 6.07) is 8.47. The fourth-order valence-electron chi connectivity index (χ4n) is 5.44. The van der Waals surface area contributed by atoms with Crippen LogP contribution in [-0.2, 0) is 6.42 Å². The number of aromatic nitrogens is 5. The Kier molecular flexibility index (Phi) is 5.61. The summed E-state index contributed by atoms with van der Waals surface area (Å²) in [6.45, 7) is 6.36. The van der Waals surface area contributed by atoms with Crippen molar-refractivity contribution in [1.29, 1.82) is 0 Å². The smallest absolute Gasteiger partial charge is 0.253 e. The van der Waals surface area contributed by atoms with E-state index in [0.29, 0.717) is 12.0 Å². The Morgan fingerprint density at radius 2 is 2.00 bits per heavy atom. The molecular formula is C24H32N6O. The summed E-state index contributed by atoms with van der Waals surface area (Å²) in [4.78, 5) is 18.9. The quantitative estimate of drug-likeness (QED) is 0.674. The first-order valence-electron chi connectivity index (χ1n) is 11.8. The number of pyridine rings is 1. The van der Waals surface area contributed by atoms with E-state index in [1.165, 1.54) is 24.8 Å². The molecular weight excluding hydrogens is 388 g/mol. The van der Waals surface area contributed by atoms with Gasteiger partial charge in [-0.05, 0) is 84.1 Å². The molecule has 1 aromatic carbocycles. The summed E-state index contributed by atoms with van der Waals surface area (Å²) in [7, 11) is 0. The third-order valence-electron chi connectivity index (χ3n) is 7.13. The van der Waals surface area contributed by atoms with Gasteiger partial charge in [0.1, 0.15) is 6.04 Å². The Labute approximate surface area is 182 Å². The minimum absolute atomic E-state index is 0.0408. The molecule has 0 spiro atoms. The van der Waals surface area contributed by atoms with Crippen molar-refractivity contribution >= 4 is 10.9 Å². The fraction of sp³-hybridized carbons (Fsp3) is 0.583. The second-order valence-corrected chi connectivity index (χ2v) is 9.39. The van der Waals surface area contributed by atoms with Gasteiger partial charge in [-0.25, -0.2) is 4.68 Å². The number of nitrogens with one attached hydrogen (secondary N) is 1. The van der Waals surface area contributed by atoms with Crippen LogP contribution in [0.1, 0.15) is 81.4 Å². The summed E-state index contributed by atoms with van der Waals surface area (Å²) in [5, 5.41) is 14.0. The number of hydrogen-bond donors (Lipinski definition) is 1. The molecule has 2 atom stereocenters. The molecule has 1 saturated heterocycles.